The Morgan fingerprint density at radius 1 is 0.750 bits per heavy atom. The van der Waals surface area contributed by atoms with Crippen molar-refractivity contribution in [3.05, 3.63) is 83.1 Å². The van der Waals surface area contributed by atoms with Crippen LogP contribution in [0.3, 0.4) is 0 Å². The van der Waals surface area contributed by atoms with Gasteiger partial charge >= 0.3 is 0 Å². The lowest BCUT2D eigenvalue weighted by atomic mass is 9.83. The van der Waals surface area contributed by atoms with Crippen LogP contribution in [0, 0.1) is 0 Å². The molecule has 0 saturated heterocycles. The zero-order valence-electron chi connectivity index (χ0n) is 14.1. The number of hydrogen-bond acceptors (Lipinski definition) is 2. The number of aromatic hydroxyl groups is 1. The average molecular weight is 318 g/mol. The first-order valence-electron chi connectivity index (χ1n) is 8.47. The molecule has 1 aliphatic rings. The summed E-state index contributed by atoms with van der Waals surface area (Å²) in [6, 6.07) is 19.6. The number of rotatable bonds is 1. The van der Waals surface area contributed by atoms with Crippen molar-refractivity contribution in [3.8, 4) is 5.75 Å². The fraction of sp³-hybridized carbons (Fsp3) is 0.182. The predicted molar refractivity (Wildman–Crippen MR) is 100 cm³/mol. The fourth-order valence-electron chi connectivity index (χ4n) is 3.32. The Bertz CT molecular complexity index is 907. The zero-order valence-corrected chi connectivity index (χ0v) is 14.1. The zero-order chi connectivity index (χ0) is 17.1. The SMILES string of the molecule is CC.OC1=C(c2c(O)ccc3ccccc23)c2ccccc2CC1. The maximum absolute atomic E-state index is 10.5. The van der Waals surface area contributed by atoms with Gasteiger partial charge in [-0.25, -0.2) is 0 Å². The molecule has 0 fully saturated rings. The van der Waals surface area contributed by atoms with E-state index in [9.17, 15) is 10.2 Å². The van der Waals surface area contributed by atoms with Crippen molar-refractivity contribution in [1.82, 2.24) is 0 Å². The Morgan fingerprint density at radius 3 is 2.29 bits per heavy atom. The second-order valence-corrected chi connectivity index (χ2v) is 5.66. The summed E-state index contributed by atoms with van der Waals surface area (Å²) in [5.74, 6) is 0.558. The Balaban J connectivity index is 0.000000815. The second-order valence-electron chi connectivity index (χ2n) is 5.66. The van der Waals surface area contributed by atoms with Gasteiger partial charge in [-0.15, -0.1) is 0 Å². The Labute approximate surface area is 142 Å². The molecule has 4 rings (SSSR count). The van der Waals surface area contributed by atoms with Gasteiger partial charge in [-0.2, -0.15) is 0 Å². The first kappa shape index (κ1) is 16.1. The molecule has 2 nitrogen and oxygen atoms in total. The molecule has 24 heavy (non-hydrogen) atoms. The number of fused-ring (bicyclic) bond motifs is 2. The smallest absolute Gasteiger partial charge is 0.124 e. The molecule has 0 amide bonds. The highest BCUT2D eigenvalue weighted by molar-refractivity contribution is 6.01. The molecular formula is C22H22O2. The minimum absolute atomic E-state index is 0.206. The first-order chi connectivity index (χ1) is 11.8. The van der Waals surface area contributed by atoms with Gasteiger partial charge in [-0.05, 0) is 34.4 Å². The van der Waals surface area contributed by atoms with Crippen molar-refractivity contribution in [2.24, 2.45) is 0 Å². The van der Waals surface area contributed by atoms with E-state index in [0.29, 0.717) is 12.2 Å². The van der Waals surface area contributed by atoms with Crippen molar-refractivity contribution < 1.29 is 10.2 Å². The molecule has 0 unspecified atom stereocenters. The predicted octanol–water partition coefficient (Wildman–Crippen LogP) is 5.84. The van der Waals surface area contributed by atoms with E-state index in [4.69, 9.17) is 0 Å². The van der Waals surface area contributed by atoms with E-state index in [0.717, 1.165) is 33.9 Å². The van der Waals surface area contributed by atoms with Gasteiger partial charge in [-0.1, -0.05) is 68.4 Å². The van der Waals surface area contributed by atoms with Crippen LogP contribution in [-0.2, 0) is 6.42 Å². The molecule has 0 bridgehead atoms. The maximum atomic E-state index is 10.5. The van der Waals surface area contributed by atoms with Crippen molar-refractivity contribution in [2.75, 3.05) is 0 Å². The monoisotopic (exact) mass is 318 g/mol. The number of hydrogen-bond donors (Lipinski definition) is 2. The second kappa shape index (κ2) is 6.79. The molecule has 0 atom stereocenters. The van der Waals surface area contributed by atoms with Crippen LogP contribution in [0.5, 0.6) is 5.75 Å². The van der Waals surface area contributed by atoms with Gasteiger partial charge < -0.3 is 10.2 Å². The quantitative estimate of drug-likeness (QED) is 0.592. The normalized spacial score (nSPS) is 13.2. The largest absolute Gasteiger partial charge is 0.512 e. The lowest BCUT2D eigenvalue weighted by Crippen LogP contribution is -2.06. The number of allylic oxidation sites excluding steroid dienone is 1. The van der Waals surface area contributed by atoms with E-state index in [1.165, 1.54) is 5.56 Å². The van der Waals surface area contributed by atoms with Crippen molar-refractivity contribution in [2.45, 2.75) is 26.7 Å². The highest BCUT2D eigenvalue weighted by Crippen LogP contribution is 2.41. The average Bonchev–Trinajstić information content (AvgIpc) is 2.64. The van der Waals surface area contributed by atoms with Crippen molar-refractivity contribution >= 4 is 16.3 Å². The molecule has 1 aliphatic carbocycles. The van der Waals surface area contributed by atoms with Gasteiger partial charge in [0.1, 0.15) is 11.5 Å². The topological polar surface area (TPSA) is 40.5 Å². The molecular weight excluding hydrogens is 296 g/mol. The molecule has 0 aromatic heterocycles. The first-order valence-corrected chi connectivity index (χ1v) is 8.47. The standard InChI is InChI=1S/C20H16O2.C2H6/c21-17-11-9-13-5-1-3-7-15(13)19(17)20-16-8-4-2-6-14(16)10-12-18(20)22;1-2/h1-9,11,21-22H,10,12H2;1-2H3. The maximum Gasteiger partial charge on any atom is 0.124 e. The third-order valence-electron chi connectivity index (χ3n) is 4.36. The molecule has 2 heteroatoms. The van der Waals surface area contributed by atoms with E-state index in [-0.39, 0.29) is 5.75 Å². The minimum Gasteiger partial charge on any atom is -0.512 e. The summed E-state index contributed by atoms with van der Waals surface area (Å²) in [4.78, 5) is 0. The van der Waals surface area contributed by atoms with Gasteiger partial charge in [0.15, 0.2) is 0 Å². The van der Waals surface area contributed by atoms with E-state index in [1.807, 2.05) is 62.4 Å². The van der Waals surface area contributed by atoms with Crippen LogP contribution in [0.15, 0.2) is 66.4 Å². The van der Waals surface area contributed by atoms with E-state index in [1.54, 1.807) is 6.07 Å². The lowest BCUT2D eigenvalue weighted by Gasteiger charge is -2.22. The molecule has 0 heterocycles. The van der Waals surface area contributed by atoms with Crippen LogP contribution in [0.2, 0.25) is 0 Å². The Kier molecular flexibility index (Phi) is 4.57. The van der Waals surface area contributed by atoms with Crippen molar-refractivity contribution in [1.29, 1.82) is 0 Å². The molecule has 0 spiro atoms. The Hall–Kier alpha value is -2.74. The molecule has 0 aliphatic heterocycles. The number of phenolic OH excluding ortho intramolecular Hbond substituents is 1. The summed E-state index contributed by atoms with van der Waals surface area (Å²) in [5.41, 5.74) is 3.71. The van der Waals surface area contributed by atoms with Gasteiger partial charge in [0.05, 0.1) is 0 Å². The van der Waals surface area contributed by atoms with Gasteiger partial charge in [-0.3, -0.25) is 0 Å². The third kappa shape index (κ3) is 2.65. The Morgan fingerprint density at radius 2 is 1.46 bits per heavy atom. The summed E-state index contributed by atoms with van der Waals surface area (Å²) in [7, 11) is 0. The third-order valence-corrected chi connectivity index (χ3v) is 4.36. The summed E-state index contributed by atoms with van der Waals surface area (Å²) < 4.78 is 0. The molecule has 0 radical (unpaired) electrons. The molecule has 122 valence electrons. The highest BCUT2D eigenvalue weighted by atomic mass is 16.3. The number of benzene rings is 3. The summed E-state index contributed by atoms with van der Waals surface area (Å²) in [6.07, 6.45) is 1.44. The number of aryl methyl sites for hydroxylation is 1. The van der Waals surface area contributed by atoms with Crippen LogP contribution >= 0.6 is 0 Å². The van der Waals surface area contributed by atoms with Crippen LogP contribution in [-0.4, -0.2) is 10.2 Å². The van der Waals surface area contributed by atoms with Gasteiger partial charge in [0.25, 0.3) is 0 Å². The van der Waals surface area contributed by atoms with Gasteiger partial charge in [0, 0.05) is 17.6 Å². The fourth-order valence-corrected chi connectivity index (χ4v) is 3.32. The number of aliphatic hydroxyl groups excluding tert-OH is 1. The molecule has 2 N–H and O–H groups in total. The molecule has 0 saturated carbocycles. The summed E-state index contributed by atoms with van der Waals surface area (Å²) in [6.45, 7) is 4.00. The van der Waals surface area contributed by atoms with Crippen LogP contribution < -0.4 is 0 Å². The molecule has 3 aromatic rings. The van der Waals surface area contributed by atoms with Crippen LogP contribution in [0.25, 0.3) is 16.3 Å². The number of aliphatic hydroxyl groups is 1. The number of phenols is 1. The minimum atomic E-state index is 0.206. The molecule has 3 aromatic carbocycles. The van der Waals surface area contributed by atoms with E-state index in [2.05, 4.69) is 6.07 Å². The summed E-state index contributed by atoms with van der Waals surface area (Å²) in [5, 5.41) is 23.0. The highest BCUT2D eigenvalue weighted by Gasteiger charge is 2.23. The lowest BCUT2D eigenvalue weighted by molar-refractivity contribution is 0.388. The van der Waals surface area contributed by atoms with Crippen LogP contribution in [0.4, 0.5) is 0 Å². The summed E-state index contributed by atoms with van der Waals surface area (Å²) >= 11 is 0. The van der Waals surface area contributed by atoms with E-state index < -0.39 is 0 Å². The van der Waals surface area contributed by atoms with Crippen LogP contribution in [0.1, 0.15) is 37.0 Å². The van der Waals surface area contributed by atoms with Crippen molar-refractivity contribution in [3.63, 3.8) is 0 Å². The van der Waals surface area contributed by atoms with E-state index >= 15 is 0 Å². The van der Waals surface area contributed by atoms with Gasteiger partial charge in [0.2, 0.25) is 0 Å².